The molecule has 3 heteroatoms. The highest BCUT2D eigenvalue weighted by Crippen LogP contribution is 2.54. The first-order valence-corrected chi connectivity index (χ1v) is 6.89. The number of aliphatic hydroxyl groups is 1. The molecule has 4 atom stereocenters. The van der Waals surface area contributed by atoms with Crippen LogP contribution in [0.4, 0.5) is 0 Å². The highest BCUT2D eigenvalue weighted by molar-refractivity contribution is 5.36. The molecule has 2 fully saturated rings. The van der Waals surface area contributed by atoms with E-state index in [0.717, 1.165) is 29.5 Å². The van der Waals surface area contributed by atoms with Crippen molar-refractivity contribution >= 4 is 0 Å². The molecule has 0 radical (unpaired) electrons. The fourth-order valence-electron chi connectivity index (χ4n) is 3.54. The molecule has 2 heterocycles. The molecule has 0 aliphatic carbocycles. The van der Waals surface area contributed by atoms with Crippen molar-refractivity contribution in [2.45, 2.75) is 51.4 Å². The van der Waals surface area contributed by atoms with Crippen LogP contribution in [0.5, 0.6) is 0 Å². The van der Waals surface area contributed by atoms with Gasteiger partial charge in [0.15, 0.2) is 0 Å². The molecule has 2 aliphatic rings. The summed E-state index contributed by atoms with van der Waals surface area (Å²) in [6.07, 6.45) is 1.85. The Hall–Kier alpha value is -1.37. The Morgan fingerprint density at radius 2 is 2.21 bits per heavy atom. The Morgan fingerprint density at radius 3 is 2.79 bits per heavy atom. The standard InChI is InChI=1S/C16H19NO2/c1-10-3-4-11(2)13(7-10)15(18)16(9-17)8-12-5-6-14(16)19-12/h3-4,7,12,14-15,18H,5-6,8H2,1-2H3. The Bertz CT molecular complexity index is 548. The van der Waals surface area contributed by atoms with Gasteiger partial charge in [0.05, 0.1) is 18.3 Å². The molecule has 1 aromatic carbocycles. The summed E-state index contributed by atoms with van der Waals surface area (Å²) in [5, 5.41) is 20.4. The molecule has 19 heavy (non-hydrogen) atoms. The van der Waals surface area contributed by atoms with Crippen molar-refractivity contribution < 1.29 is 9.84 Å². The SMILES string of the molecule is Cc1ccc(C)c(C(O)C2(C#N)CC3CCC2O3)c1. The largest absolute Gasteiger partial charge is 0.387 e. The summed E-state index contributed by atoms with van der Waals surface area (Å²) in [5.74, 6) is 0. The number of hydrogen-bond donors (Lipinski definition) is 1. The van der Waals surface area contributed by atoms with Gasteiger partial charge in [-0.15, -0.1) is 0 Å². The maximum Gasteiger partial charge on any atom is 0.116 e. The van der Waals surface area contributed by atoms with Crippen molar-refractivity contribution in [1.29, 1.82) is 5.26 Å². The van der Waals surface area contributed by atoms with Gasteiger partial charge < -0.3 is 9.84 Å². The summed E-state index contributed by atoms with van der Waals surface area (Å²) in [5.41, 5.74) is 2.26. The molecular weight excluding hydrogens is 238 g/mol. The second kappa shape index (κ2) is 4.33. The lowest BCUT2D eigenvalue weighted by Crippen LogP contribution is -2.37. The van der Waals surface area contributed by atoms with E-state index in [0.29, 0.717) is 6.42 Å². The van der Waals surface area contributed by atoms with Crippen LogP contribution in [0.15, 0.2) is 18.2 Å². The summed E-state index contributed by atoms with van der Waals surface area (Å²) in [7, 11) is 0. The van der Waals surface area contributed by atoms with Gasteiger partial charge >= 0.3 is 0 Å². The van der Waals surface area contributed by atoms with E-state index in [-0.39, 0.29) is 12.2 Å². The molecule has 1 N–H and O–H groups in total. The van der Waals surface area contributed by atoms with Crippen molar-refractivity contribution in [3.05, 3.63) is 34.9 Å². The first-order valence-electron chi connectivity index (χ1n) is 6.89. The smallest absolute Gasteiger partial charge is 0.116 e. The van der Waals surface area contributed by atoms with Gasteiger partial charge in [0.25, 0.3) is 0 Å². The van der Waals surface area contributed by atoms with Gasteiger partial charge in [0.1, 0.15) is 11.5 Å². The topological polar surface area (TPSA) is 53.2 Å². The van der Waals surface area contributed by atoms with Crippen molar-refractivity contribution in [1.82, 2.24) is 0 Å². The minimum Gasteiger partial charge on any atom is -0.387 e. The number of nitriles is 1. The summed E-state index contributed by atoms with van der Waals surface area (Å²) >= 11 is 0. The lowest BCUT2D eigenvalue weighted by Gasteiger charge is -2.34. The van der Waals surface area contributed by atoms with Crippen LogP contribution in [0.2, 0.25) is 0 Å². The molecule has 0 amide bonds. The monoisotopic (exact) mass is 257 g/mol. The minimum atomic E-state index is -0.762. The van der Waals surface area contributed by atoms with Gasteiger partial charge in [-0.2, -0.15) is 5.26 Å². The fraction of sp³-hybridized carbons (Fsp3) is 0.562. The average molecular weight is 257 g/mol. The van der Waals surface area contributed by atoms with Gasteiger partial charge in [-0.1, -0.05) is 23.8 Å². The second-order valence-electron chi connectivity index (χ2n) is 5.94. The molecular formula is C16H19NO2. The first kappa shape index (κ1) is 12.7. The van der Waals surface area contributed by atoms with Crippen LogP contribution in [0.25, 0.3) is 0 Å². The molecule has 2 aliphatic heterocycles. The van der Waals surface area contributed by atoms with E-state index >= 15 is 0 Å². The zero-order chi connectivity index (χ0) is 13.6. The van der Waals surface area contributed by atoms with Crippen LogP contribution < -0.4 is 0 Å². The van der Waals surface area contributed by atoms with Gasteiger partial charge in [-0.3, -0.25) is 0 Å². The Balaban J connectivity index is 2.01. The van der Waals surface area contributed by atoms with E-state index in [1.165, 1.54) is 0 Å². The van der Waals surface area contributed by atoms with Gasteiger partial charge in [0, 0.05) is 0 Å². The lowest BCUT2D eigenvalue weighted by molar-refractivity contribution is 0.00310. The molecule has 2 bridgehead atoms. The van der Waals surface area contributed by atoms with Gasteiger partial charge in [0.2, 0.25) is 0 Å². The van der Waals surface area contributed by atoms with Crippen LogP contribution >= 0.6 is 0 Å². The average Bonchev–Trinajstić information content (AvgIpc) is 3.01. The zero-order valence-corrected chi connectivity index (χ0v) is 11.4. The third kappa shape index (κ3) is 1.79. The van der Waals surface area contributed by atoms with Crippen molar-refractivity contribution in [3.63, 3.8) is 0 Å². The Labute approximate surface area is 113 Å². The number of aryl methyl sites for hydroxylation is 2. The predicted octanol–water partition coefficient (Wildman–Crippen LogP) is 2.80. The van der Waals surface area contributed by atoms with Crippen molar-refractivity contribution in [2.75, 3.05) is 0 Å². The molecule has 1 aromatic rings. The third-order valence-electron chi connectivity index (χ3n) is 4.67. The van der Waals surface area contributed by atoms with E-state index in [1.807, 2.05) is 32.0 Å². The van der Waals surface area contributed by atoms with E-state index in [1.54, 1.807) is 0 Å². The molecule has 3 nitrogen and oxygen atoms in total. The van der Waals surface area contributed by atoms with Crippen LogP contribution in [0.3, 0.4) is 0 Å². The number of nitrogens with zero attached hydrogens (tertiary/aromatic N) is 1. The zero-order valence-electron chi connectivity index (χ0n) is 11.4. The van der Waals surface area contributed by atoms with Crippen molar-refractivity contribution in [3.8, 4) is 6.07 Å². The molecule has 0 saturated carbocycles. The van der Waals surface area contributed by atoms with E-state index in [9.17, 15) is 10.4 Å². The molecule has 0 spiro atoms. The number of hydrogen-bond acceptors (Lipinski definition) is 3. The highest BCUT2D eigenvalue weighted by atomic mass is 16.5. The van der Waals surface area contributed by atoms with Gasteiger partial charge in [-0.05, 0) is 44.2 Å². The Kier molecular flexibility index (Phi) is 2.88. The molecule has 3 rings (SSSR count). The lowest BCUT2D eigenvalue weighted by atomic mass is 9.68. The van der Waals surface area contributed by atoms with E-state index in [2.05, 4.69) is 6.07 Å². The fourth-order valence-corrected chi connectivity index (χ4v) is 3.54. The number of aliphatic hydroxyl groups excluding tert-OH is 1. The second-order valence-corrected chi connectivity index (χ2v) is 5.94. The summed E-state index contributed by atoms with van der Waals surface area (Å²) < 4.78 is 5.81. The van der Waals surface area contributed by atoms with Crippen LogP contribution in [0.1, 0.15) is 42.1 Å². The predicted molar refractivity (Wildman–Crippen MR) is 71.4 cm³/mol. The van der Waals surface area contributed by atoms with Crippen LogP contribution in [-0.4, -0.2) is 17.3 Å². The highest BCUT2D eigenvalue weighted by Gasteiger charge is 2.57. The molecule has 2 saturated heterocycles. The summed E-state index contributed by atoms with van der Waals surface area (Å²) in [4.78, 5) is 0. The molecule has 100 valence electrons. The summed E-state index contributed by atoms with van der Waals surface area (Å²) in [6, 6.07) is 8.41. The molecule has 4 unspecified atom stereocenters. The number of ether oxygens (including phenoxy) is 1. The third-order valence-corrected chi connectivity index (χ3v) is 4.67. The number of rotatable bonds is 2. The normalized spacial score (nSPS) is 34.2. The number of fused-ring (bicyclic) bond motifs is 2. The van der Waals surface area contributed by atoms with Gasteiger partial charge in [-0.25, -0.2) is 0 Å². The minimum absolute atomic E-state index is 0.114. The molecule has 0 aromatic heterocycles. The van der Waals surface area contributed by atoms with E-state index < -0.39 is 11.5 Å². The van der Waals surface area contributed by atoms with Crippen LogP contribution in [-0.2, 0) is 4.74 Å². The maximum atomic E-state index is 10.8. The van der Waals surface area contributed by atoms with Crippen LogP contribution in [0, 0.1) is 30.6 Å². The maximum absolute atomic E-state index is 10.8. The first-order chi connectivity index (χ1) is 9.06. The van der Waals surface area contributed by atoms with Crippen molar-refractivity contribution in [2.24, 2.45) is 5.41 Å². The quantitative estimate of drug-likeness (QED) is 0.886. The number of benzene rings is 1. The summed E-state index contributed by atoms with van der Waals surface area (Å²) in [6.45, 7) is 3.99. The van der Waals surface area contributed by atoms with E-state index in [4.69, 9.17) is 4.74 Å². The Morgan fingerprint density at radius 1 is 1.42 bits per heavy atom.